The van der Waals surface area contributed by atoms with E-state index in [4.69, 9.17) is 9.73 Å². The van der Waals surface area contributed by atoms with E-state index < -0.39 is 0 Å². The normalized spacial score (nSPS) is 14.8. The van der Waals surface area contributed by atoms with Crippen molar-refractivity contribution in [3.05, 3.63) is 59.9 Å². The topological polar surface area (TPSA) is 58.5 Å². The lowest BCUT2D eigenvalue weighted by atomic mass is 9.96. The first-order valence-electron chi connectivity index (χ1n) is 10.00. The molecule has 2 aromatic rings. The van der Waals surface area contributed by atoms with Crippen LogP contribution in [0.2, 0.25) is 0 Å². The van der Waals surface area contributed by atoms with Gasteiger partial charge in [-0.25, -0.2) is 4.99 Å². The van der Waals surface area contributed by atoms with Crippen LogP contribution in [0.1, 0.15) is 50.3 Å². The summed E-state index contributed by atoms with van der Waals surface area (Å²) in [6.07, 6.45) is 8.24. The van der Waals surface area contributed by atoms with Crippen molar-refractivity contribution in [1.29, 1.82) is 0 Å². The highest BCUT2D eigenvalue weighted by Gasteiger charge is 2.14. The molecule has 0 aliphatic heterocycles. The Hall–Kier alpha value is -1.83. The highest BCUT2D eigenvalue weighted by Crippen LogP contribution is 2.18. The average molecular weight is 494 g/mol. The summed E-state index contributed by atoms with van der Waals surface area (Å²) in [7, 11) is 0. The summed E-state index contributed by atoms with van der Waals surface area (Å²) >= 11 is 0. The van der Waals surface area contributed by atoms with Crippen LogP contribution in [-0.2, 0) is 13.2 Å². The Morgan fingerprint density at radius 2 is 2.00 bits per heavy atom. The smallest absolute Gasteiger partial charge is 0.191 e. The Bertz CT molecular complexity index is 717. The van der Waals surface area contributed by atoms with Crippen LogP contribution in [0.4, 0.5) is 0 Å². The lowest BCUT2D eigenvalue weighted by Gasteiger charge is -2.24. The van der Waals surface area contributed by atoms with E-state index in [1.807, 2.05) is 30.3 Å². The minimum absolute atomic E-state index is 0. The minimum Gasteiger partial charge on any atom is -0.487 e. The fraction of sp³-hybridized carbons (Fsp3) is 0.455. The quantitative estimate of drug-likeness (QED) is 0.334. The van der Waals surface area contributed by atoms with Crippen LogP contribution in [-0.4, -0.2) is 23.5 Å². The first-order valence-corrected chi connectivity index (χ1v) is 10.00. The molecule has 0 atom stereocenters. The van der Waals surface area contributed by atoms with Crippen LogP contribution in [0.3, 0.4) is 0 Å². The third kappa shape index (κ3) is 7.66. The molecule has 1 aromatic carbocycles. The lowest BCUT2D eigenvalue weighted by Crippen LogP contribution is -2.44. The molecule has 0 saturated heterocycles. The van der Waals surface area contributed by atoms with Gasteiger partial charge in [0.1, 0.15) is 12.4 Å². The van der Waals surface area contributed by atoms with E-state index in [0.29, 0.717) is 19.2 Å². The second kappa shape index (κ2) is 12.6. The van der Waals surface area contributed by atoms with Crippen molar-refractivity contribution < 1.29 is 4.74 Å². The fourth-order valence-corrected chi connectivity index (χ4v) is 3.31. The zero-order valence-electron chi connectivity index (χ0n) is 16.6. The van der Waals surface area contributed by atoms with Crippen molar-refractivity contribution in [3.63, 3.8) is 0 Å². The standard InChI is InChI=1S/C22H30N4O.HI/c1-2-23-22(26-19-10-4-3-5-11-19)25-16-18-9-8-13-21(15-18)27-17-20-12-6-7-14-24-20;/h6-9,12-15,19H,2-5,10-11,16-17H2,1H3,(H2,23,25,26);1H. The largest absolute Gasteiger partial charge is 0.487 e. The maximum absolute atomic E-state index is 5.87. The molecule has 0 radical (unpaired) electrons. The molecule has 1 heterocycles. The molecule has 1 aliphatic carbocycles. The van der Waals surface area contributed by atoms with Gasteiger partial charge >= 0.3 is 0 Å². The number of aliphatic imine (C=N–C) groups is 1. The number of guanidine groups is 1. The summed E-state index contributed by atoms with van der Waals surface area (Å²) in [5, 5.41) is 6.95. The van der Waals surface area contributed by atoms with E-state index in [9.17, 15) is 0 Å². The third-order valence-electron chi connectivity index (χ3n) is 4.72. The van der Waals surface area contributed by atoms with Gasteiger partial charge in [-0.05, 0) is 49.6 Å². The number of pyridine rings is 1. The van der Waals surface area contributed by atoms with E-state index in [1.165, 1.54) is 32.1 Å². The first kappa shape index (κ1) is 22.5. The van der Waals surface area contributed by atoms with Gasteiger partial charge in [0.15, 0.2) is 5.96 Å². The predicted octanol–water partition coefficient (Wildman–Crippen LogP) is 4.67. The number of hydrogen-bond donors (Lipinski definition) is 2. The van der Waals surface area contributed by atoms with Crippen LogP contribution in [0.5, 0.6) is 5.75 Å². The van der Waals surface area contributed by atoms with Crippen LogP contribution >= 0.6 is 24.0 Å². The molecule has 1 fully saturated rings. The van der Waals surface area contributed by atoms with Gasteiger partial charge in [0.25, 0.3) is 0 Å². The summed E-state index contributed by atoms with van der Waals surface area (Å²) in [5.41, 5.74) is 2.06. The number of hydrogen-bond acceptors (Lipinski definition) is 3. The summed E-state index contributed by atoms with van der Waals surface area (Å²) in [4.78, 5) is 9.05. The van der Waals surface area contributed by atoms with Crippen molar-refractivity contribution in [1.82, 2.24) is 15.6 Å². The van der Waals surface area contributed by atoms with Gasteiger partial charge in [0, 0.05) is 18.8 Å². The Morgan fingerprint density at radius 1 is 1.14 bits per heavy atom. The molecule has 6 heteroatoms. The van der Waals surface area contributed by atoms with Crippen LogP contribution in [0.15, 0.2) is 53.7 Å². The number of ether oxygens (including phenoxy) is 1. The first-order chi connectivity index (χ1) is 13.3. The van der Waals surface area contributed by atoms with Gasteiger partial charge in [-0.3, -0.25) is 4.98 Å². The van der Waals surface area contributed by atoms with Crippen molar-refractivity contribution in [2.75, 3.05) is 6.54 Å². The molecule has 0 bridgehead atoms. The number of benzene rings is 1. The van der Waals surface area contributed by atoms with Gasteiger partial charge < -0.3 is 15.4 Å². The highest BCUT2D eigenvalue weighted by molar-refractivity contribution is 14.0. The molecular weight excluding hydrogens is 463 g/mol. The maximum atomic E-state index is 5.87. The molecule has 1 aromatic heterocycles. The van der Waals surface area contributed by atoms with E-state index in [2.05, 4.69) is 34.7 Å². The van der Waals surface area contributed by atoms with Gasteiger partial charge in [-0.1, -0.05) is 37.5 Å². The average Bonchev–Trinajstić information content (AvgIpc) is 2.72. The second-order valence-corrected chi connectivity index (χ2v) is 6.93. The van der Waals surface area contributed by atoms with Gasteiger partial charge in [0.05, 0.1) is 12.2 Å². The molecule has 0 unspecified atom stereocenters. The molecular formula is C22H31IN4O. The zero-order valence-corrected chi connectivity index (χ0v) is 18.9. The summed E-state index contributed by atoms with van der Waals surface area (Å²) in [5.74, 6) is 1.75. The van der Waals surface area contributed by atoms with Crippen LogP contribution in [0, 0.1) is 0 Å². The van der Waals surface area contributed by atoms with Gasteiger partial charge in [-0.15, -0.1) is 24.0 Å². The van der Waals surface area contributed by atoms with Crippen molar-refractivity contribution in [2.24, 2.45) is 4.99 Å². The molecule has 1 saturated carbocycles. The van der Waals surface area contributed by atoms with E-state index in [0.717, 1.165) is 29.5 Å². The number of rotatable bonds is 7. The van der Waals surface area contributed by atoms with Gasteiger partial charge in [0.2, 0.25) is 0 Å². The SMILES string of the molecule is CCNC(=NCc1cccc(OCc2ccccn2)c1)NC1CCCCC1.I. The Kier molecular flexibility index (Phi) is 10.1. The zero-order chi connectivity index (χ0) is 18.7. The third-order valence-corrected chi connectivity index (χ3v) is 4.72. The van der Waals surface area contributed by atoms with Crippen molar-refractivity contribution >= 4 is 29.9 Å². The number of nitrogens with zero attached hydrogens (tertiary/aromatic N) is 2. The lowest BCUT2D eigenvalue weighted by molar-refractivity contribution is 0.301. The maximum Gasteiger partial charge on any atom is 0.191 e. The molecule has 152 valence electrons. The highest BCUT2D eigenvalue weighted by atomic mass is 127. The number of nitrogens with one attached hydrogen (secondary N) is 2. The van der Waals surface area contributed by atoms with Crippen LogP contribution < -0.4 is 15.4 Å². The molecule has 2 N–H and O–H groups in total. The predicted molar refractivity (Wildman–Crippen MR) is 125 cm³/mol. The summed E-state index contributed by atoms with van der Waals surface area (Å²) in [6.45, 7) is 4.07. The van der Waals surface area contributed by atoms with Crippen LogP contribution in [0.25, 0.3) is 0 Å². The summed E-state index contributed by atoms with van der Waals surface area (Å²) in [6, 6.07) is 14.5. The van der Waals surface area contributed by atoms with Crippen molar-refractivity contribution in [2.45, 2.75) is 58.2 Å². The minimum atomic E-state index is 0. The molecule has 0 amide bonds. The Balaban J connectivity index is 0.00000280. The Morgan fingerprint density at radius 3 is 2.75 bits per heavy atom. The number of halogens is 1. The molecule has 5 nitrogen and oxygen atoms in total. The van der Waals surface area contributed by atoms with E-state index in [-0.39, 0.29) is 24.0 Å². The molecule has 1 aliphatic rings. The van der Waals surface area contributed by atoms with E-state index >= 15 is 0 Å². The molecule has 0 spiro atoms. The monoisotopic (exact) mass is 494 g/mol. The molecule has 3 rings (SSSR count). The fourth-order valence-electron chi connectivity index (χ4n) is 3.31. The van der Waals surface area contributed by atoms with Gasteiger partial charge in [-0.2, -0.15) is 0 Å². The Labute approximate surface area is 185 Å². The molecule has 28 heavy (non-hydrogen) atoms. The second-order valence-electron chi connectivity index (χ2n) is 6.93. The number of aromatic nitrogens is 1. The van der Waals surface area contributed by atoms with E-state index in [1.54, 1.807) is 6.20 Å². The summed E-state index contributed by atoms with van der Waals surface area (Å²) < 4.78 is 5.87. The van der Waals surface area contributed by atoms with Crippen molar-refractivity contribution in [3.8, 4) is 5.75 Å².